The molecule has 170 valence electrons. The summed E-state index contributed by atoms with van der Waals surface area (Å²) in [7, 11) is 0. The molecule has 3 N–H and O–H groups in total. The lowest BCUT2D eigenvalue weighted by atomic mass is 9.97. The lowest BCUT2D eigenvalue weighted by molar-refractivity contribution is -0.133. The number of nitrogens with zero attached hydrogens (tertiary/aromatic N) is 1. The first-order valence-corrected chi connectivity index (χ1v) is 11.9. The smallest absolute Gasteiger partial charge is 0.219 e. The molecule has 0 spiro atoms. The molecular formula is C25H30FN3O2S. The minimum atomic E-state index is -0.364. The summed E-state index contributed by atoms with van der Waals surface area (Å²) in [6, 6.07) is 13.6. The first kappa shape index (κ1) is 22.7. The van der Waals surface area contributed by atoms with Crippen LogP contribution in [-0.4, -0.2) is 35.5 Å². The van der Waals surface area contributed by atoms with Gasteiger partial charge in [0, 0.05) is 35.6 Å². The number of rotatable bonds is 8. The summed E-state index contributed by atoms with van der Waals surface area (Å²) in [5.41, 5.74) is 7.44. The van der Waals surface area contributed by atoms with Gasteiger partial charge in [-0.15, -0.1) is 0 Å². The molecule has 32 heavy (non-hydrogen) atoms. The van der Waals surface area contributed by atoms with Gasteiger partial charge < -0.3 is 20.7 Å². The van der Waals surface area contributed by atoms with Gasteiger partial charge in [-0.3, -0.25) is 4.79 Å². The Hall–Kier alpha value is -2.51. The van der Waals surface area contributed by atoms with Crippen LogP contribution in [0.4, 0.5) is 10.1 Å². The van der Waals surface area contributed by atoms with Gasteiger partial charge >= 0.3 is 0 Å². The van der Waals surface area contributed by atoms with Crippen molar-refractivity contribution in [3.8, 4) is 5.75 Å². The van der Waals surface area contributed by atoms with E-state index in [-0.39, 0.29) is 11.7 Å². The van der Waals surface area contributed by atoms with E-state index in [0.29, 0.717) is 39.5 Å². The summed E-state index contributed by atoms with van der Waals surface area (Å²) >= 11 is 1.27. The fourth-order valence-corrected chi connectivity index (χ4v) is 5.59. The zero-order valence-electron chi connectivity index (χ0n) is 18.4. The molecule has 3 atom stereocenters. The number of amides is 1. The van der Waals surface area contributed by atoms with Gasteiger partial charge in [0.25, 0.3) is 0 Å². The lowest BCUT2D eigenvalue weighted by Crippen LogP contribution is -2.51. The van der Waals surface area contributed by atoms with E-state index in [1.807, 2.05) is 12.1 Å². The molecule has 0 saturated carbocycles. The SMILES string of the molecule is C=C(Oc1ccc(CCNC2C[C@H]3CC[C@@H](C2)N3C(C)=O)cc1)Sc1ccc(F)cc1N. The van der Waals surface area contributed by atoms with E-state index in [1.165, 1.54) is 29.5 Å². The van der Waals surface area contributed by atoms with E-state index in [2.05, 4.69) is 28.9 Å². The van der Waals surface area contributed by atoms with Crippen molar-refractivity contribution in [1.29, 1.82) is 0 Å². The molecule has 1 unspecified atom stereocenters. The molecule has 0 radical (unpaired) electrons. The topological polar surface area (TPSA) is 67.6 Å². The Morgan fingerprint density at radius 3 is 2.53 bits per heavy atom. The predicted molar refractivity (Wildman–Crippen MR) is 127 cm³/mol. The highest BCUT2D eigenvalue weighted by Crippen LogP contribution is 2.36. The number of hydrogen-bond acceptors (Lipinski definition) is 5. The normalized spacial score (nSPS) is 22.1. The van der Waals surface area contributed by atoms with Crippen molar-refractivity contribution in [2.75, 3.05) is 12.3 Å². The Morgan fingerprint density at radius 1 is 1.22 bits per heavy atom. The van der Waals surface area contributed by atoms with Crippen LogP contribution in [0.3, 0.4) is 0 Å². The number of anilines is 1. The maximum Gasteiger partial charge on any atom is 0.219 e. The largest absolute Gasteiger partial charge is 0.451 e. The molecule has 1 amide bonds. The summed E-state index contributed by atoms with van der Waals surface area (Å²) in [5.74, 6) is 0.561. The summed E-state index contributed by atoms with van der Waals surface area (Å²) < 4.78 is 19.0. The van der Waals surface area contributed by atoms with Gasteiger partial charge in [-0.2, -0.15) is 0 Å². The van der Waals surface area contributed by atoms with Crippen molar-refractivity contribution in [1.82, 2.24) is 10.2 Å². The summed E-state index contributed by atoms with van der Waals surface area (Å²) in [6.07, 6.45) is 5.33. The number of ether oxygens (including phenoxy) is 1. The summed E-state index contributed by atoms with van der Waals surface area (Å²) in [6.45, 7) is 6.53. The number of carbonyl (C=O) groups excluding carboxylic acids is 1. The number of nitrogen functional groups attached to an aromatic ring is 1. The number of halogens is 1. The number of fused-ring (bicyclic) bond motifs is 2. The molecule has 2 saturated heterocycles. The van der Waals surface area contributed by atoms with Crippen molar-refractivity contribution in [2.24, 2.45) is 0 Å². The molecule has 7 heteroatoms. The first-order chi connectivity index (χ1) is 15.4. The van der Waals surface area contributed by atoms with Crippen molar-refractivity contribution in [2.45, 2.75) is 62.0 Å². The van der Waals surface area contributed by atoms with Gasteiger partial charge in [0.2, 0.25) is 5.91 Å². The fourth-order valence-electron chi connectivity index (χ4n) is 4.89. The van der Waals surface area contributed by atoms with E-state index >= 15 is 0 Å². The van der Waals surface area contributed by atoms with Crippen molar-refractivity contribution < 1.29 is 13.9 Å². The van der Waals surface area contributed by atoms with Crippen molar-refractivity contribution in [3.63, 3.8) is 0 Å². The van der Waals surface area contributed by atoms with E-state index in [0.717, 1.165) is 38.6 Å². The average molecular weight is 456 g/mol. The van der Waals surface area contributed by atoms with Gasteiger partial charge in [-0.1, -0.05) is 23.9 Å². The molecule has 5 nitrogen and oxygen atoms in total. The fraction of sp³-hybridized carbons (Fsp3) is 0.400. The Morgan fingerprint density at radius 2 is 1.91 bits per heavy atom. The molecule has 2 heterocycles. The van der Waals surface area contributed by atoms with Crippen LogP contribution < -0.4 is 15.8 Å². The van der Waals surface area contributed by atoms with Crippen LogP contribution in [0.15, 0.2) is 59.0 Å². The van der Waals surface area contributed by atoms with Crippen LogP contribution in [0.1, 0.15) is 38.2 Å². The number of nitrogens with two attached hydrogens (primary N) is 1. The van der Waals surface area contributed by atoms with Crippen LogP contribution in [0, 0.1) is 5.82 Å². The second-order valence-corrected chi connectivity index (χ2v) is 9.69. The Kier molecular flexibility index (Phi) is 7.06. The molecule has 0 aliphatic carbocycles. The lowest BCUT2D eigenvalue weighted by Gasteiger charge is -2.38. The van der Waals surface area contributed by atoms with Gasteiger partial charge in [0.15, 0.2) is 5.09 Å². The molecule has 4 rings (SSSR count). The molecule has 0 aromatic heterocycles. The van der Waals surface area contributed by atoms with Crippen LogP contribution in [0.2, 0.25) is 0 Å². The van der Waals surface area contributed by atoms with E-state index in [9.17, 15) is 9.18 Å². The Labute approximate surface area is 193 Å². The van der Waals surface area contributed by atoms with Gasteiger partial charge in [-0.05, 0) is 81.1 Å². The third-order valence-corrected chi connectivity index (χ3v) is 7.20. The molecule has 2 aromatic rings. The highest BCUT2D eigenvalue weighted by molar-refractivity contribution is 8.03. The Bertz CT molecular complexity index is 968. The van der Waals surface area contributed by atoms with Gasteiger partial charge in [-0.25, -0.2) is 4.39 Å². The maximum atomic E-state index is 13.2. The standard InChI is InChI=1S/C25H30FN3O2S/c1-16(30)29-21-6-7-22(29)15-20(14-21)28-12-11-18-3-8-23(9-4-18)31-17(2)32-25-10-5-19(26)13-24(25)27/h3-5,8-10,13,20-22,28H,2,6-7,11-12,14-15,27H2,1H3/t20?,21-,22+. The van der Waals surface area contributed by atoms with Crippen LogP contribution in [0.25, 0.3) is 0 Å². The maximum absolute atomic E-state index is 13.2. The molecule has 2 aliphatic heterocycles. The zero-order chi connectivity index (χ0) is 22.7. The van der Waals surface area contributed by atoms with Crippen LogP contribution in [-0.2, 0) is 11.2 Å². The number of carbonyl (C=O) groups is 1. The average Bonchev–Trinajstić information content (AvgIpc) is 3.02. The number of nitrogens with one attached hydrogen (secondary N) is 1. The number of benzene rings is 2. The second-order valence-electron chi connectivity index (χ2n) is 8.59. The minimum absolute atomic E-state index is 0.223. The highest BCUT2D eigenvalue weighted by atomic mass is 32.2. The third kappa shape index (κ3) is 5.45. The predicted octanol–water partition coefficient (Wildman–Crippen LogP) is 4.72. The third-order valence-electron chi connectivity index (χ3n) is 6.29. The summed E-state index contributed by atoms with van der Waals surface area (Å²) in [4.78, 5) is 14.7. The molecular weight excluding hydrogens is 425 g/mol. The molecule has 2 fully saturated rings. The monoisotopic (exact) mass is 455 g/mol. The molecule has 2 aromatic carbocycles. The van der Waals surface area contributed by atoms with Gasteiger partial charge in [0.1, 0.15) is 11.6 Å². The van der Waals surface area contributed by atoms with E-state index in [1.54, 1.807) is 13.0 Å². The van der Waals surface area contributed by atoms with E-state index in [4.69, 9.17) is 10.5 Å². The molecule has 2 bridgehead atoms. The van der Waals surface area contributed by atoms with Crippen molar-refractivity contribution in [3.05, 3.63) is 65.5 Å². The second kappa shape index (κ2) is 9.96. The zero-order valence-corrected chi connectivity index (χ0v) is 19.2. The van der Waals surface area contributed by atoms with Crippen LogP contribution >= 0.6 is 11.8 Å². The first-order valence-electron chi connectivity index (χ1n) is 11.1. The molecule has 2 aliphatic rings. The van der Waals surface area contributed by atoms with E-state index < -0.39 is 0 Å². The van der Waals surface area contributed by atoms with Crippen molar-refractivity contribution >= 4 is 23.4 Å². The minimum Gasteiger partial charge on any atom is -0.451 e. The number of hydrogen-bond donors (Lipinski definition) is 2. The number of thioether (sulfide) groups is 1. The number of piperidine rings is 1. The highest BCUT2D eigenvalue weighted by Gasteiger charge is 2.41. The summed E-state index contributed by atoms with van der Waals surface area (Å²) in [5, 5.41) is 4.16. The Balaban J connectivity index is 1.21. The van der Waals surface area contributed by atoms with Gasteiger partial charge in [0.05, 0.1) is 0 Å². The quantitative estimate of drug-likeness (QED) is 0.342. The van der Waals surface area contributed by atoms with Crippen LogP contribution in [0.5, 0.6) is 5.75 Å².